The normalized spacial score (nSPS) is 3.29. The third kappa shape index (κ3) is 181. The van der Waals surface area contributed by atoms with Crippen LogP contribution in [0.25, 0.3) is 0 Å². The van der Waals surface area contributed by atoms with Crippen molar-refractivity contribution >= 4 is 6.29 Å². The lowest BCUT2D eigenvalue weighted by atomic mass is 11.0. The summed E-state index contributed by atoms with van der Waals surface area (Å²) in [4.78, 5) is 8.81. The van der Waals surface area contributed by atoms with Gasteiger partial charge in [0.2, 0.25) is 0 Å². The van der Waals surface area contributed by atoms with Gasteiger partial charge >= 0.3 is 0 Å². The van der Waals surface area contributed by atoms with Crippen LogP contribution >= 0.6 is 0 Å². The molecule has 0 fully saturated rings. The van der Waals surface area contributed by atoms with Crippen molar-refractivity contribution in [1.29, 1.82) is 0 Å². The Hall–Kier alpha value is -0.590. The predicted octanol–water partition coefficient (Wildman–Crippen LogP) is 2.03. The molecule has 0 saturated carbocycles. The van der Waals surface area contributed by atoms with Crippen molar-refractivity contribution in [3.8, 4) is 0 Å². The summed E-state index contributed by atoms with van der Waals surface area (Å²) in [6, 6.07) is 0. The van der Waals surface area contributed by atoms with Crippen LogP contribution < -0.4 is 0 Å². The Balaban J connectivity index is -0.0000000360. The summed E-state index contributed by atoms with van der Waals surface area (Å²) < 4.78 is 0. The molecular weight excluding hydrogens is 88.1 g/mol. The molecule has 0 unspecified atom stereocenters. The van der Waals surface area contributed by atoms with Crippen molar-refractivity contribution in [3.63, 3.8) is 0 Å². The standard InChI is InChI=1S/C2H4O.C2H6.C2H4/c1-2-3;2*1-2/h2H,1H3;1-2H3;1-2H2. The van der Waals surface area contributed by atoms with Crippen molar-refractivity contribution in [2.75, 3.05) is 0 Å². The lowest BCUT2D eigenvalue weighted by molar-refractivity contribution is -0.106. The first-order chi connectivity index (χ1) is 3.41. The highest BCUT2D eigenvalue weighted by atomic mass is 16.1. The van der Waals surface area contributed by atoms with E-state index in [4.69, 9.17) is 4.79 Å². The second-order valence-corrected chi connectivity index (χ2v) is 0.236. The zero-order chi connectivity index (χ0) is 6.71. The summed E-state index contributed by atoms with van der Waals surface area (Å²) in [6.45, 7) is 11.4. The van der Waals surface area contributed by atoms with E-state index in [9.17, 15) is 0 Å². The van der Waals surface area contributed by atoms with Gasteiger partial charge in [0, 0.05) is 0 Å². The molecule has 0 aliphatic carbocycles. The van der Waals surface area contributed by atoms with Crippen LogP contribution in [0.2, 0.25) is 0 Å². The summed E-state index contributed by atoms with van der Waals surface area (Å²) in [6.07, 6.45) is 0.750. The van der Waals surface area contributed by atoms with E-state index in [0.29, 0.717) is 0 Å². The summed E-state index contributed by atoms with van der Waals surface area (Å²) >= 11 is 0. The second-order valence-electron chi connectivity index (χ2n) is 0.236. The molecule has 0 N–H and O–H groups in total. The molecule has 1 nitrogen and oxygen atoms in total. The maximum atomic E-state index is 8.81. The Morgan fingerprint density at radius 1 is 1.29 bits per heavy atom. The summed E-state index contributed by atoms with van der Waals surface area (Å²) in [5.74, 6) is 0. The molecule has 7 heavy (non-hydrogen) atoms. The van der Waals surface area contributed by atoms with E-state index in [0.717, 1.165) is 6.29 Å². The maximum Gasteiger partial charge on any atom is 0.116 e. The second kappa shape index (κ2) is 626. The minimum absolute atomic E-state index is 0.750. The first-order valence-corrected chi connectivity index (χ1v) is 2.31. The molecule has 0 rings (SSSR count). The fourth-order valence-electron chi connectivity index (χ4n) is 0. The number of hydrogen-bond acceptors (Lipinski definition) is 1. The monoisotopic (exact) mass is 102 g/mol. The third-order valence-corrected chi connectivity index (χ3v) is 0. The Morgan fingerprint density at radius 3 is 1.29 bits per heavy atom. The van der Waals surface area contributed by atoms with Crippen LogP contribution in [-0.4, -0.2) is 6.29 Å². The lowest BCUT2D eigenvalue weighted by Gasteiger charge is -1.23. The van der Waals surface area contributed by atoms with E-state index in [1.165, 1.54) is 6.92 Å². The Labute approximate surface area is 46.0 Å². The van der Waals surface area contributed by atoms with Gasteiger partial charge in [0.15, 0.2) is 0 Å². The number of carbonyl (C=O) groups excluding carboxylic acids is 1. The molecule has 44 valence electrons. The third-order valence-electron chi connectivity index (χ3n) is 0. The highest BCUT2D eigenvalue weighted by Gasteiger charge is 1.24. The molecule has 0 aliphatic rings. The first-order valence-electron chi connectivity index (χ1n) is 2.31. The molecule has 0 heterocycles. The van der Waals surface area contributed by atoms with Gasteiger partial charge in [-0.2, -0.15) is 0 Å². The Kier molecular flexibility index (Phi) is 1440. The fourth-order valence-corrected chi connectivity index (χ4v) is 0. The van der Waals surface area contributed by atoms with Crippen molar-refractivity contribution in [1.82, 2.24) is 0 Å². The number of rotatable bonds is 0. The fraction of sp³-hybridized carbons (Fsp3) is 0.500. The van der Waals surface area contributed by atoms with E-state index >= 15 is 0 Å². The van der Waals surface area contributed by atoms with Crippen LogP contribution in [0.4, 0.5) is 0 Å². The molecule has 0 aromatic rings. The van der Waals surface area contributed by atoms with Crippen molar-refractivity contribution in [2.24, 2.45) is 0 Å². The van der Waals surface area contributed by atoms with E-state index in [1.54, 1.807) is 0 Å². The minimum atomic E-state index is 0.750. The van der Waals surface area contributed by atoms with Crippen LogP contribution in [0.15, 0.2) is 13.2 Å². The van der Waals surface area contributed by atoms with E-state index in [1.807, 2.05) is 13.8 Å². The summed E-state index contributed by atoms with van der Waals surface area (Å²) in [5, 5.41) is 0. The zero-order valence-electron chi connectivity index (χ0n) is 5.40. The van der Waals surface area contributed by atoms with Gasteiger partial charge in [0.25, 0.3) is 0 Å². The van der Waals surface area contributed by atoms with Gasteiger partial charge < -0.3 is 4.79 Å². The lowest BCUT2D eigenvalue weighted by Crippen LogP contribution is -1.36. The van der Waals surface area contributed by atoms with E-state index in [-0.39, 0.29) is 0 Å². The molecule has 0 saturated heterocycles. The van der Waals surface area contributed by atoms with Crippen LogP contribution in [0.3, 0.4) is 0 Å². The quantitative estimate of drug-likeness (QED) is 0.338. The molecule has 0 aliphatic heterocycles. The topological polar surface area (TPSA) is 17.1 Å². The van der Waals surface area contributed by atoms with Crippen molar-refractivity contribution < 1.29 is 4.79 Å². The Bertz CT molecular complexity index is 18.1. The van der Waals surface area contributed by atoms with Gasteiger partial charge in [-0.15, -0.1) is 13.2 Å². The van der Waals surface area contributed by atoms with Crippen LogP contribution in [0.1, 0.15) is 20.8 Å². The molecule has 0 radical (unpaired) electrons. The predicted molar refractivity (Wildman–Crippen MR) is 34.3 cm³/mol. The van der Waals surface area contributed by atoms with Crippen LogP contribution in [0.5, 0.6) is 0 Å². The minimum Gasteiger partial charge on any atom is -0.304 e. The average Bonchev–Trinajstić information content (AvgIpc) is 1.78. The van der Waals surface area contributed by atoms with Gasteiger partial charge in [-0.25, -0.2) is 0 Å². The molecule has 0 amide bonds. The Morgan fingerprint density at radius 2 is 1.29 bits per heavy atom. The van der Waals surface area contributed by atoms with Gasteiger partial charge in [-0.1, -0.05) is 13.8 Å². The van der Waals surface area contributed by atoms with Crippen molar-refractivity contribution in [2.45, 2.75) is 20.8 Å². The molecule has 0 aromatic heterocycles. The SMILES string of the molecule is C=C.CC.CC=O. The first kappa shape index (κ1) is 16.1. The largest absolute Gasteiger partial charge is 0.304 e. The van der Waals surface area contributed by atoms with Crippen LogP contribution in [-0.2, 0) is 4.79 Å². The van der Waals surface area contributed by atoms with E-state index < -0.39 is 0 Å². The summed E-state index contributed by atoms with van der Waals surface area (Å²) in [7, 11) is 0. The van der Waals surface area contributed by atoms with Gasteiger partial charge in [0.1, 0.15) is 6.29 Å². The van der Waals surface area contributed by atoms with Gasteiger partial charge in [0.05, 0.1) is 0 Å². The number of aldehydes is 1. The molecule has 0 bridgehead atoms. The average molecular weight is 102 g/mol. The van der Waals surface area contributed by atoms with Crippen LogP contribution in [0, 0.1) is 0 Å². The van der Waals surface area contributed by atoms with E-state index in [2.05, 4.69) is 13.2 Å². The van der Waals surface area contributed by atoms with Crippen molar-refractivity contribution in [3.05, 3.63) is 13.2 Å². The van der Waals surface area contributed by atoms with Gasteiger partial charge in [-0.05, 0) is 6.92 Å². The molecule has 1 heteroatoms. The van der Waals surface area contributed by atoms with Gasteiger partial charge in [-0.3, -0.25) is 0 Å². The molecular formula is C6H14O. The maximum absolute atomic E-state index is 8.81. The number of carbonyl (C=O) groups is 1. The smallest absolute Gasteiger partial charge is 0.116 e. The molecule has 0 spiro atoms. The molecule has 0 atom stereocenters. The zero-order valence-corrected chi connectivity index (χ0v) is 5.40. The highest BCUT2D eigenvalue weighted by molar-refractivity contribution is 5.44. The number of hydrogen-bond donors (Lipinski definition) is 0. The highest BCUT2D eigenvalue weighted by Crippen LogP contribution is 1.14. The summed E-state index contributed by atoms with van der Waals surface area (Å²) in [5.41, 5.74) is 0. The molecule has 0 aromatic carbocycles.